The monoisotopic (exact) mass is 252 g/mol. The van der Waals surface area contributed by atoms with Crippen molar-refractivity contribution < 1.29 is 0 Å². The molecule has 1 heteroatoms. The highest BCUT2D eigenvalue weighted by Gasteiger charge is 2.23. The second-order valence-corrected chi connectivity index (χ2v) is 6.43. The summed E-state index contributed by atoms with van der Waals surface area (Å²) in [6.07, 6.45) is 11.5. The number of thiol groups is 1. The van der Waals surface area contributed by atoms with Crippen molar-refractivity contribution in [2.45, 2.75) is 65.7 Å². The highest BCUT2D eigenvalue weighted by molar-refractivity contribution is 7.88. The Hall–Kier alpha value is -0.390. The highest BCUT2D eigenvalue weighted by Crippen LogP contribution is 2.34. The van der Waals surface area contributed by atoms with Crippen molar-refractivity contribution >= 4 is 15.6 Å². The third-order valence-electron chi connectivity index (χ3n) is 3.83. The van der Waals surface area contributed by atoms with Gasteiger partial charge in [-0.1, -0.05) is 45.3 Å². The molecular weight excluding hydrogens is 224 g/mol. The molecule has 1 aliphatic rings. The van der Waals surface area contributed by atoms with Crippen molar-refractivity contribution in [2.24, 2.45) is 11.8 Å². The van der Waals surface area contributed by atoms with Crippen molar-refractivity contribution in [1.82, 2.24) is 0 Å². The van der Waals surface area contributed by atoms with Crippen LogP contribution >= 0.6 is 10.8 Å². The summed E-state index contributed by atoms with van der Waals surface area (Å²) in [5.41, 5.74) is 7.45. The lowest BCUT2D eigenvalue weighted by Gasteiger charge is -2.29. The average Bonchev–Trinajstić information content (AvgIpc) is 2.34. The van der Waals surface area contributed by atoms with Gasteiger partial charge in [-0.05, 0) is 48.8 Å². The Morgan fingerprint density at radius 2 is 2.18 bits per heavy atom. The molecule has 1 atom stereocenters. The first-order valence-electron chi connectivity index (χ1n) is 7.13. The van der Waals surface area contributed by atoms with E-state index in [4.69, 9.17) is 5.69 Å². The topological polar surface area (TPSA) is 0 Å². The molecule has 0 saturated heterocycles. The van der Waals surface area contributed by atoms with Crippen LogP contribution < -0.4 is 0 Å². The summed E-state index contributed by atoms with van der Waals surface area (Å²) in [6.45, 7) is 6.98. The molecule has 0 aromatic heterocycles. The molecule has 0 aromatic carbocycles. The van der Waals surface area contributed by atoms with Crippen molar-refractivity contribution in [3.8, 4) is 5.69 Å². The summed E-state index contributed by atoms with van der Waals surface area (Å²) in [7, 11) is 1.02. The maximum absolute atomic E-state index is 5.77. The van der Waals surface area contributed by atoms with Crippen LogP contribution in [0.2, 0.25) is 0 Å². The van der Waals surface area contributed by atoms with E-state index in [1.807, 2.05) is 0 Å². The Balaban J connectivity index is 2.64. The van der Waals surface area contributed by atoms with Crippen LogP contribution in [0.15, 0.2) is 11.6 Å². The summed E-state index contributed by atoms with van der Waals surface area (Å²) in [5.74, 6) is 1.59. The minimum atomic E-state index is 0.781. The van der Waals surface area contributed by atoms with Gasteiger partial charge in [0.2, 0.25) is 0 Å². The standard InChI is InChI=1S/C16H28S/c1-5-6-7-8-9-14-12-15(17-4)10-11-16(14)13(2)3/h4,9,13,16-17H,5-8,10-12H2,1-3H3/b14-9-. The summed E-state index contributed by atoms with van der Waals surface area (Å²) in [5, 5.41) is 0. The van der Waals surface area contributed by atoms with Gasteiger partial charge in [-0.3, -0.25) is 0 Å². The third kappa shape index (κ3) is 4.77. The molecule has 0 bridgehead atoms. The zero-order chi connectivity index (χ0) is 12.7. The van der Waals surface area contributed by atoms with Gasteiger partial charge >= 0.3 is 0 Å². The fraction of sp³-hybridized carbons (Fsp3) is 0.750. The summed E-state index contributed by atoms with van der Waals surface area (Å²) >= 11 is 0. The van der Waals surface area contributed by atoms with E-state index in [-0.39, 0.29) is 0 Å². The van der Waals surface area contributed by atoms with Gasteiger partial charge in [0.05, 0.1) is 0 Å². The quantitative estimate of drug-likeness (QED) is 0.296. The Labute approximate surface area is 111 Å². The molecular formula is C16H28S. The fourth-order valence-corrected chi connectivity index (χ4v) is 3.27. The van der Waals surface area contributed by atoms with Crippen LogP contribution in [0.3, 0.4) is 0 Å². The van der Waals surface area contributed by atoms with E-state index in [0.717, 1.165) is 22.6 Å². The van der Waals surface area contributed by atoms with Gasteiger partial charge in [-0.25, -0.2) is 10.8 Å². The van der Waals surface area contributed by atoms with Gasteiger partial charge in [-0.2, -0.15) is 0 Å². The van der Waals surface area contributed by atoms with E-state index in [1.165, 1.54) is 49.8 Å². The van der Waals surface area contributed by atoms with E-state index in [0.29, 0.717) is 0 Å². The molecule has 0 aliphatic heterocycles. The van der Waals surface area contributed by atoms with Crippen molar-refractivity contribution in [1.29, 1.82) is 0 Å². The van der Waals surface area contributed by atoms with E-state index < -0.39 is 0 Å². The van der Waals surface area contributed by atoms with Gasteiger partial charge < -0.3 is 0 Å². The molecule has 1 aliphatic carbocycles. The molecule has 0 amide bonds. The molecule has 17 heavy (non-hydrogen) atoms. The Morgan fingerprint density at radius 1 is 1.41 bits per heavy atom. The molecule has 1 rings (SSSR count). The SMILES string of the molecule is C#[SH]=C1CCC(C(C)C)/C(=C\CCCCC)C1. The van der Waals surface area contributed by atoms with Crippen molar-refractivity contribution in [3.05, 3.63) is 11.6 Å². The average molecular weight is 252 g/mol. The van der Waals surface area contributed by atoms with E-state index >= 15 is 0 Å². The third-order valence-corrected chi connectivity index (χ3v) is 4.58. The largest absolute Gasteiger partial charge is 0.200 e. The highest BCUT2D eigenvalue weighted by atomic mass is 32.1. The Morgan fingerprint density at radius 3 is 2.76 bits per heavy atom. The maximum Gasteiger partial charge on any atom is -0.00161 e. The van der Waals surface area contributed by atoms with Crippen molar-refractivity contribution in [2.75, 3.05) is 0 Å². The molecule has 0 radical (unpaired) electrons. The normalized spacial score (nSPS) is 23.4. The lowest BCUT2D eigenvalue weighted by Crippen LogP contribution is -2.20. The van der Waals surface area contributed by atoms with Crippen LogP contribution in [0.1, 0.15) is 65.7 Å². The molecule has 0 heterocycles. The first-order chi connectivity index (χ1) is 8.19. The van der Waals surface area contributed by atoms with E-state index in [1.54, 1.807) is 5.57 Å². The maximum atomic E-state index is 5.77. The van der Waals surface area contributed by atoms with Crippen LogP contribution in [0.5, 0.6) is 0 Å². The number of rotatable bonds is 5. The molecule has 0 N–H and O–H groups in total. The van der Waals surface area contributed by atoms with Crippen molar-refractivity contribution in [3.63, 3.8) is 0 Å². The zero-order valence-electron chi connectivity index (χ0n) is 11.7. The van der Waals surface area contributed by atoms with Gasteiger partial charge in [-0.15, -0.1) is 5.69 Å². The number of hydrogen-bond acceptors (Lipinski definition) is 0. The van der Waals surface area contributed by atoms with Gasteiger partial charge in [0.1, 0.15) is 0 Å². The van der Waals surface area contributed by atoms with E-state index in [2.05, 4.69) is 26.8 Å². The summed E-state index contributed by atoms with van der Waals surface area (Å²) < 4.78 is 0. The molecule has 1 unspecified atom stereocenters. The van der Waals surface area contributed by atoms with Crippen LogP contribution in [-0.4, -0.2) is 4.86 Å². The smallest absolute Gasteiger partial charge is 0.00161 e. The number of unbranched alkanes of at least 4 members (excludes halogenated alkanes) is 3. The van der Waals surface area contributed by atoms with Gasteiger partial charge in [0.25, 0.3) is 0 Å². The lowest BCUT2D eigenvalue weighted by atomic mass is 9.77. The predicted octanol–water partition coefficient (Wildman–Crippen LogP) is 5.18. The van der Waals surface area contributed by atoms with Gasteiger partial charge in [0.15, 0.2) is 0 Å². The van der Waals surface area contributed by atoms with Crippen LogP contribution in [0.4, 0.5) is 0 Å². The van der Waals surface area contributed by atoms with Crippen LogP contribution in [0.25, 0.3) is 0 Å². The Bertz CT molecular complexity index is 345. The molecule has 0 aromatic rings. The minimum absolute atomic E-state index is 0.781. The first kappa shape index (κ1) is 14.7. The fourth-order valence-electron chi connectivity index (χ4n) is 2.74. The van der Waals surface area contributed by atoms with Crippen LogP contribution in [0, 0.1) is 17.5 Å². The lowest BCUT2D eigenvalue weighted by molar-refractivity contribution is 0.405. The van der Waals surface area contributed by atoms with Crippen LogP contribution in [-0.2, 0) is 0 Å². The molecule has 1 fully saturated rings. The second kappa shape index (κ2) is 7.84. The zero-order valence-corrected chi connectivity index (χ0v) is 12.6. The predicted molar refractivity (Wildman–Crippen MR) is 83.3 cm³/mol. The Kier molecular flexibility index (Phi) is 6.77. The molecule has 1 saturated carbocycles. The molecule has 0 nitrogen and oxygen atoms in total. The molecule has 0 spiro atoms. The van der Waals surface area contributed by atoms with E-state index in [9.17, 15) is 0 Å². The molecule has 98 valence electrons. The first-order valence-corrected chi connectivity index (χ1v) is 8.10. The summed E-state index contributed by atoms with van der Waals surface area (Å²) in [6, 6.07) is 0. The number of allylic oxidation sites excluding steroid dienone is 2. The summed E-state index contributed by atoms with van der Waals surface area (Å²) in [4.78, 5) is 1.53. The minimum Gasteiger partial charge on any atom is -0.200 e. The second-order valence-electron chi connectivity index (χ2n) is 5.54. The van der Waals surface area contributed by atoms with Gasteiger partial charge in [0, 0.05) is 0 Å². The number of hydrogen-bond donors (Lipinski definition) is 1.